The third kappa shape index (κ3) is 4.73. The van der Waals surface area contributed by atoms with E-state index in [0.717, 1.165) is 12.0 Å². The second-order valence-electron chi connectivity index (χ2n) is 6.73. The molecular formula is C23H24N2O2. The van der Waals surface area contributed by atoms with E-state index in [2.05, 4.69) is 12.1 Å². The van der Waals surface area contributed by atoms with Gasteiger partial charge in [0.05, 0.1) is 0 Å². The summed E-state index contributed by atoms with van der Waals surface area (Å²) in [4.78, 5) is 26.7. The van der Waals surface area contributed by atoms with Gasteiger partial charge in [-0.25, -0.2) is 0 Å². The number of rotatable bonds is 7. The third-order valence-electron chi connectivity index (χ3n) is 4.65. The lowest BCUT2D eigenvalue weighted by atomic mass is 10.1. The van der Waals surface area contributed by atoms with E-state index in [1.807, 2.05) is 53.4 Å². The highest BCUT2D eigenvalue weighted by molar-refractivity contribution is 5.99. The number of hydrogen-bond acceptors (Lipinski definition) is 2. The van der Waals surface area contributed by atoms with E-state index in [4.69, 9.17) is 0 Å². The molecule has 4 nitrogen and oxygen atoms in total. The van der Waals surface area contributed by atoms with Crippen molar-refractivity contribution < 1.29 is 9.59 Å². The zero-order valence-corrected chi connectivity index (χ0v) is 15.8. The number of hydrogen-bond donors (Lipinski definition) is 0. The summed E-state index contributed by atoms with van der Waals surface area (Å²) in [5.74, 6) is -0.103. The molecule has 27 heavy (non-hydrogen) atoms. The van der Waals surface area contributed by atoms with Crippen molar-refractivity contribution in [3.63, 3.8) is 0 Å². The Balaban J connectivity index is 1.83. The van der Waals surface area contributed by atoms with Gasteiger partial charge in [-0.05, 0) is 30.5 Å². The molecule has 0 radical (unpaired) electrons. The average Bonchev–Trinajstić information content (AvgIpc) is 3.08. The van der Waals surface area contributed by atoms with Crippen molar-refractivity contribution in [1.29, 1.82) is 0 Å². The number of benzene rings is 2. The molecule has 1 aromatic heterocycles. The largest absolute Gasteiger partial charge is 0.346 e. The number of carbonyl (C=O) groups is 2. The summed E-state index contributed by atoms with van der Waals surface area (Å²) in [5, 5.41) is 0. The zero-order chi connectivity index (χ0) is 19.2. The number of nitrogens with zero attached hydrogens (tertiary/aromatic N) is 2. The summed E-state index contributed by atoms with van der Waals surface area (Å²) in [6, 6.07) is 21.8. The maximum absolute atomic E-state index is 13.2. The summed E-state index contributed by atoms with van der Waals surface area (Å²) in [6.07, 6.45) is 2.50. The molecule has 0 saturated heterocycles. The first-order valence-corrected chi connectivity index (χ1v) is 9.09. The molecule has 2 aromatic carbocycles. The first kappa shape index (κ1) is 18.6. The van der Waals surface area contributed by atoms with Crippen LogP contribution in [0.1, 0.15) is 38.9 Å². The minimum Gasteiger partial charge on any atom is -0.346 e. The van der Waals surface area contributed by atoms with E-state index in [0.29, 0.717) is 24.3 Å². The van der Waals surface area contributed by atoms with E-state index >= 15 is 0 Å². The lowest BCUT2D eigenvalue weighted by Gasteiger charge is -2.23. The lowest BCUT2D eigenvalue weighted by Crippen LogP contribution is -2.33. The van der Waals surface area contributed by atoms with Crippen molar-refractivity contribution in [2.75, 3.05) is 6.54 Å². The number of aromatic nitrogens is 1. The predicted octanol–water partition coefficient (Wildman–Crippen LogP) is 4.11. The molecule has 0 atom stereocenters. The quantitative estimate of drug-likeness (QED) is 0.595. The summed E-state index contributed by atoms with van der Waals surface area (Å²) in [6.45, 7) is 2.66. The molecule has 0 aliphatic heterocycles. The van der Waals surface area contributed by atoms with Crippen LogP contribution < -0.4 is 0 Å². The fourth-order valence-corrected chi connectivity index (χ4v) is 3.10. The summed E-state index contributed by atoms with van der Waals surface area (Å²) in [5.41, 5.74) is 3.37. The molecule has 0 saturated carbocycles. The van der Waals surface area contributed by atoms with E-state index < -0.39 is 0 Å². The molecule has 1 heterocycles. The van der Waals surface area contributed by atoms with Gasteiger partial charge < -0.3 is 9.47 Å². The van der Waals surface area contributed by atoms with Gasteiger partial charge in [0.25, 0.3) is 5.91 Å². The Bertz CT molecular complexity index is 914. The van der Waals surface area contributed by atoms with Crippen LogP contribution in [0, 0.1) is 0 Å². The van der Waals surface area contributed by atoms with Crippen LogP contribution in [-0.4, -0.2) is 27.7 Å². The zero-order valence-electron chi connectivity index (χ0n) is 15.8. The maximum atomic E-state index is 13.2. The molecule has 0 unspecified atom stereocenters. The van der Waals surface area contributed by atoms with Crippen molar-refractivity contribution in [3.8, 4) is 0 Å². The fraction of sp³-hybridized carbons (Fsp3) is 0.217. The molecule has 0 bridgehead atoms. The topological polar surface area (TPSA) is 42.3 Å². The van der Waals surface area contributed by atoms with E-state index in [-0.39, 0.29) is 11.7 Å². The number of ketones is 1. The van der Waals surface area contributed by atoms with Crippen molar-refractivity contribution in [1.82, 2.24) is 9.47 Å². The van der Waals surface area contributed by atoms with Crippen LogP contribution in [0.4, 0.5) is 0 Å². The second-order valence-corrected chi connectivity index (χ2v) is 6.73. The van der Waals surface area contributed by atoms with Crippen LogP contribution in [0.25, 0.3) is 0 Å². The van der Waals surface area contributed by atoms with Gasteiger partial charge in [-0.1, -0.05) is 60.7 Å². The molecule has 0 N–H and O–H groups in total. The normalized spacial score (nSPS) is 10.6. The van der Waals surface area contributed by atoms with E-state index in [1.54, 1.807) is 23.9 Å². The lowest BCUT2D eigenvalue weighted by molar-refractivity contribution is 0.0735. The Morgan fingerprint density at radius 2 is 1.52 bits per heavy atom. The van der Waals surface area contributed by atoms with Gasteiger partial charge in [0, 0.05) is 31.9 Å². The number of amides is 1. The second kappa shape index (κ2) is 8.49. The van der Waals surface area contributed by atoms with Crippen LogP contribution in [0.2, 0.25) is 0 Å². The predicted molar refractivity (Wildman–Crippen MR) is 107 cm³/mol. The molecule has 0 fully saturated rings. The first-order chi connectivity index (χ1) is 13.0. The summed E-state index contributed by atoms with van der Waals surface area (Å²) < 4.78 is 1.74. The molecule has 1 amide bonds. The van der Waals surface area contributed by atoms with Crippen LogP contribution >= 0.6 is 0 Å². The molecule has 138 valence electrons. The van der Waals surface area contributed by atoms with Crippen LogP contribution in [0.5, 0.6) is 0 Å². The molecule has 0 aliphatic rings. The standard InChI is InChI=1S/C23H24N2O2/c1-18(26)21-15-22(24(2)17-21)23(27)25(16-20-11-7-4-8-12-20)14-13-19-9-5-3-6-10-19/h3-12,15,17H,13-14,16H2,1-2H3. The number of aryl methyl sites for hydroxylation is 1. The van der Waals surface area contributed by atoms with Gasteiger partial charge in [-0.3, -0.25) is 9.59 Å². The minimum atomic E-state index is -0.0650. The van der Waals surface area contributed by atoms with Crippen molar-refractivity contribution >= 4 is 11.7 Å². The molecule has 0 spiro atoms. The molecular weight excluding hydrogens is 336 g/mol. The van der Waals surface area contributed by atoms with Crippen molar-refractivity contribution in [3.05, 3.63) is 95.3 Å². The van der Waals surface area contributed by atoms with Crippen molar-refractivity contribution in [2.24, 2.45) is 7.05 Å². The van der Waals surface area contributed by atoms with Gasteiger partial charge in [0.15, 0.2) is 5.78 Å². The Morgan fingerprint density at radius 3 is 2.07 bits per heavy atom. The molecule has 3 aromatic rings. The Labute approximate surface area is 160 Å². The van der Waals surface area contributed by atoms with Crippen LogP contribution in [0.3, 0.4) is 0 Å². The van der Waals surface area contributed by atoms with E-state index in [9.17, 15) is 9.59 Å². The van der Waals surface area contributed by atoms with Gasteiger partial charge in [0.2, 0.25) is 0 Å². The minimum absolute atomic E-state index is 0.0384. The first-order valence-electron chi connectivity index (χ1n) is 9.09. The van der Waals surface area contributed by atoms with Gasteiger partial charge in [-0.2, -0.15) is 0 Å². The van der Waals surface area contributed by atoms with Crippen molar-refractivity contribution in [2.45, 2.75) is 19.9 Å². The van der Waals surface area contributed by atoms with Gasteiger partial charge in [0.1, 0.15) is 5.69 Å². The third-order valence-corrected chi connectivity index (χ3v) is 4.65. The highest BCUT2D eigenvalue weighted by Gasteiger charge is 2.20. The number of Topliss-reactive ketones (excluding diaryl/α,β-unsaturated/α-hetero) is 1. The Morgan fingerprint density at radius 1 is 0.926 bits per heavy atom. The SMILES string of the molecule is CC(=O)c1cc(C(=O)N(CCc2ccccc2)Cc2ccccc2)n(C)c1. The monoisotopic (exact) mass is 360 g/mol. The Hall–Kier alpha value is -3.14. The average molecular weight is 360 g/mol. The summed E-state index contributed by atoms with van der Waals surface area (Å²) >= 11 is 0. The van der Waals surface area contributed by atoms with Gasteiger partial charge >= 0.3 is 0 Å². The Kier molecular flexibility index (Phi) is 5.87. The fourth-order valence-electron chi connectivity index (χ4n) is 3.10. The highest BCUT2D eigenvalue weighted by Crippen LogP contribution is 2.15. The molecule has 4 heteroatoms. The van der Waals surface area contributed by atoms with Gasteiger partial charge in [-0.15, -0.1) is 0 Å². The number of carbonyl (C=O) groups excluding carboxylic acids is 2. The molecule has 0 aliphatic carbocycles. The highest BCUT2D eigenvalue weighted by atomic mass is 16.2. The van der Waals surface area contributed by atoms with Crippen LogP contribution in [-0.2, 0) is 20.0 Å². The van der Waals surface area contributed by atoms with Crippen LogP contribution in [0.15, 0.2) is 72.9 Å². The summed E-state index contributed by atoms with van der Waals surface area (Å²) in [7, 11) is 1.80. The smallest absolute Gasteiger partial charge is 0.270 e. The maximum Gasteiger partial charge on any atom is 0.270 e. The molecule has 3 rings (SSSR count). The van der Waals surface area contributed by atoms with E-state index in [1.165, 1.54) is 12.5 Å².